The smallest absolute Gasteiger partial charge is 0.258 e. The quantitative estimate of drug-likeness (QED) is 0.107. The number of nitro groups is 2. The van der Waals surface area contributed by atoms with Crippen LogP contribution < -0.4 is 0 Å². The van der Waals surface area contributed by atoms with E-state index in [0.29, 0.717) is 44.3 Å². The molecule has 2 heterocycles. The normalized spacial score (nSPS) is 10.1. The lowest BCUT2D eigenvalue weighted by molar-refractivity contribution is -0.385. The highest BCUT2D eigenvalue weighted by Gasteiger charge is 2.09. The first-order valence-electron chi connectivity index (χ1n) is 11.0. The van der Waals surface area contributed by atoms with Crippen LogP contribution in [-0.4, -0.2) is 19.8 Å². The molecular weight excluding hydrogens is 616 g/mol. The number of hydrogen-bond acceptors (Lipinski definition) is 6. The Hall–Kier alpha value is -4.38. The summed E-state index contributed by atoms with van der Waals surface area (Å²) in [6, 6.07) is 19.5. The van der Waals surface area contributed by atoms with E-state index in [4.69, 9.17) is 0 Å². The van der Waals surface area contributed by atoms with Crippen molar-refractivity contribution in [3.63, 3.8) is 0 Å². The van der Waals surface area contributed by atoms with Gasteiger partial charge in [0.05, 0.1) is 32.6 Å². The summed E-state index contributed by atoms with van der Waals surface area (Å²) < 4.78 is 0. The molecule has 0 N–H and O–H groups in total. The van der Waals surface area contributed by atoms with Crippen molar-refractivity contribution in [3.05, 3.63) is 127 Å². The molecule has 0 saturated heterocycles. The van der Waals surface area contributed by atoms with Crippen LogP contribution in [0.4, 0.5) is 11.4 Å². The van der Waals surface area contributed by atoms with E-state index in [9.17, 15) is 20.2 Å². The van der Waals surface area contributed by atoms with Crippen molar-refractivity contribution >= 4 is 43.2 Å². The Labute approximate surface area is 234 Å². The number of hydrogen-bond donors (Lipinski definition) is 0. The fraction of sp³-hybridized carbons (Fsp3) is 0.0714. The molecule has 4 rings (SSSR count). The van der Waals surface area contributed by atoms with Gasteiger partial charge in [0.2, 0.25) is 0 Å². The third-order valence-corrected chi connectivity index (χ3v) is 6.30. The number of halogens is 2. The minimum atomic E-state index is -0.451. The number of non-ortho nitro benzene ring substituents is 2. The Morgan fingerprint density at radius 2 is 0.921 bits per heavy atom. The summed E-state index contributed by atoms with van der Waals surface area (Å²) in [5.41, 5.74) is 5.52. The molecule has 0 aliphatic rings. The second kappa shape index (κ2) is 12.2. The van der Waals surface area contributed by atoms with Crippen LogP contribution in [-0.2, 0) is 10.7 Å². The Kier molecular flexibility index (Phi) is 8.59. The van der Waals surface area contributed by atoms with Crippen molar-refractivity contribution in [1.29, 1.82) is 0 Å². The first kappa shape index (κ1) is 26.7. The van der Waals surface area contributed by atoms with E-state index in [1.165, 1.54) is 24.3 Å². The topological polar surface area (TPSA) is 112 Å². The Morgan fingerprint density at radius 1 is 0.579 bits per heavy atom. The van der Waals surface area contributed by atoms with Gasteiger partial charge in [-0.3, -0.25) is 30.2 Å². The van der Waals surface area contributed by atoms with Gasteiger partial charge in [0.1, 0.15) is 0 Å². The number of pyridine rings is 2. The van der Waals surface area contributed by atoms with E-state index >= 15 is 0 Å². The van der Waals surface area contributed by atoms with Crippen LogP contribution in [0.5, 0.6) is 0 Å². The van der Waals surface area contributed by atoms with Crippen LogP contribution in [0.15, 0.2) is 72.8 Å². The molecule has 0 radical (unpaired) electrons. The van der Waals surface area contributed by atoms with Crippen molar-refractivity contribution in [3.8, 4) is 35.1 Å². The largest absolute Gasteiger partial charge is 0.269 e. The molecule has 0 saturated carbocycles. The average molecular weight is 632 g/mol. The minimum Gasteiger partial charge on any atom is -0.258 e. The van der Waals surface area contributed by atoms with E-state index in [1.807, 2.05) is 24.3 Å². The molecule has 0 aliphatic heterocycles. The first-order chi connectivity index (χ1) is 18.3. The summed E-state index contributed by atoms with van der Waals surface area (Å²) in [5.74, 6) is 12.3. The van der Waals surface area contributed by atoms with Gasteiger partial charge in [-0.2, -0.15) is 0 Å². The number of nitrogens with zero attached hydrogens (tertiary/aromatic N) is 4. The summed E-state index contributed by atoms with van der Waals surface area (Å²) in [4.78, 5) is 30.2. The number of nitro benzene ring substituents is 2. The molecule has 8 nitrogen and oxygen atoms in total. The highest BCUT2D eigenvalue weighted by Crippen LogP contribution is 2.22. The van der Waals surface area contributed by atoms with Gasteiger partial charge in [-0.25, -0.2) is 0 Å². The molecule has 0 bridgehead atoms. The van der Waals surface area contributed by atoms with Crippen LogP contribution in [0.2, 0.25) is 0 Å². The van der Waals surface area contributed by atoms with E-state index in [1.54, 1.807) is 24.3 Å². The molecule has 4 aromatic rings. The van der Waals surface area contributed by atoms with Gasteiger partial charge in [0.25, 0.3) is 11.4 Å². The second-order valence-corrected chi connectivity index (χ2v) is 8.96. The number of alkyl halides is 2. The van der Waals surface area contributed by atoms with Crippen LogP contribution >= 0.6 is 31.9 Å². The predicted molar refractivity (Wildman–Crippen MR) is 151 cm³/mol. The van der Waals surface area contributed by atoms with Gasteiger partial charge in [0.15, 0.2) is 0 Å². The average Bonchev–Trinajstić information content (AvgIpc) is 2.95. The van der Waals surface area contributed by atoms with Crippen LogP contribution in [0, 0.1) is 43.9 Å². The van der Waals surface area contributed by atoms with Gasteiger partial charge < -0.3 is 0 Å². The summed E-state index contributed by atoms with van der Waals surface area (Å²) >= 11 is 6.91. The molecule has 0 amide bonds. The molecule has 2 aromatic heterocycles. The lowest BCUT2D eigenvalue weighted by Gasteiger charge is -2.07. The maximum absolute atomic E-state index is 10.9. The fourth-order valence-electron chi connectivity index (χ4n) is 3.34. The Morgan fingerprint density at radius 3 is 1.24 bits per heavy atom. The van der Waals surface area contributed by atoms with Crippen molar-refractivity contribution in [1.82, 2.24) is 9.97 Å². The maximum Gasteiger partial charge on any atom is 0.269 e. The Bertz CT molecular complexity index is 1520. The zero-order chi connectivity index (χ0) is 27.1. The maximum atomic E-state index is 10.9. The van der Waals surface area contributed by atoms with Crippen LogP contribution in [0.1, 0.15) is 33.6 Å². The molecule has 0 aliphatic carbocycles. The van der Waals surface area contributed by atoms with Gasteiger partial charge >= 0.3 is 0 Å². The lowest BCUT2D eigenvalue weighted by Crippen LogP contribution is -1.97. The standard InChI is InChI=1S/C28H16Br2N4O4/c29-17-23-13-21(3-1-19-5-9-25(10-6-19)33(35)36)15-27(31-23)28-16-22(14-24(18-30)32-28)4-2-20-7-11-26(12-8-20)34(37)38/h5-16H,17-18H2. The molecule has 10 heteroatoms. The number of aromatic nitrogens is 2. The molecule has 0 atom stereocenters. The second-order valence-electron chi connectivity index (χ2n) is 7.84. The monoisotopic (exact) mass is 630 g/mol. The fourth-order valence-corrected chi connectivity index (χ4v) is 3.92. The summed E-state index contributed by atoms with van der Waals surface area (Å²) in [7, 11) is 0. The number of benzene rings is 2. The predicted octanol–water partition coefficient (Wildman–Crippen LogP) is 6.55. The van der Waals surface area contributed by atoms with Crippen molar-refractivity contribution in [2.45, 2.75) is 10.7 Å². The van der Waals surface area contributed by atoms with Gasteiger partial charge in [0, 0.05) is 57.2 Å². The molecular formula is C28H16Br2N4O4. The number of rotatable bonds is 5. The van der Waals surface area contributed by atoms with E-state index in [2.05, 4.69) is 65.5 Å². The zero-order valence-corrected chi connectivity index (χ0v) is 22.7. The lowest BCUT2D eigenvalue weighted by atomic mass is 10.1. The SMILES string of the molecule is O=[N+]([O-])c1ccc(C#Cc2cc(CBr)nc(-c3cc(C#Cc4ccc([N+](=O)[O-])cc4)cc(CBr)n3)c2)cc1. The summed E-state index contributed by atoms with van der Waals surface area (Å²) in [5, 5.41) is 22.8. The molecule has 0 fully saturated rings. The Balaban J connectivity index is 1.68. The third kappa shape index (κ3) is 6.88. The van der Waals surface area contributed by atoms with Gasteiger partial charge in [-0.15, -0.1) is 0 Å². The van der Waals surface area contributed by atoms with Gasteiger partial charge in [-0.05, 0) is 48.5 Å². The third-order valence-electron chi connectivity index (χ3n) is 5.15. The van der Waals surface area contributed by atoms with E-state index in [-0.39, 0.29) is 11.4 Å². The van der Waals surface area contributed by atoms with Crippen LogP contribution in [0.3, 0.4) is 0 Å². The highest BCUT2D eigenvalue weighted by atomic mass is 79.9. The molecule has 38 heavy (non-hydrogen) atoms. The summed E-state index contributed by atoms with van der Waals surface area (Å²) in [6.07, 6.45) is 0. The highest BCUT2D eigenvalue weighted by molar-refractivity contribution is 9.08. The van der Waals surface area contributed by atoms with E-state index < -0.39 is 9.85 Å². The molecule has 186 valence electrons. The van der Waals surface area contributed by atoms with E-state index in [0.717, 1.165) is 11.4 Å². The molecule has 2 aromatic carbocycles. The minimum absolute atomic E-state index is 0.00792. The first-order valence-corrected chi connectivity index (χ1v) is 13.3. The van der Waals surface area contributed by atoms with Crippen molar-refractivity contribution in [2.24, 2.45) is 0 Å². The zero-order valence-electron chi connectivity index (χ0n) is 19.5. The summed E-state index contributed by atoms with van der Waals surface area (Å²) in [6.45, 7) is 0. The van der Waals surface area contributed by atoms with Crippen LogP contribution in [0.25, 0.3) is 11.4 Å². The van der Waals surface area contributed by atoms with Crippen molar-refractivity contribution < 1.29 is 9.85 Å². The molecule has 0 unspecified atom stereocenters. The van der Waals surface area contributed by atoms with Crippen molar-refractivity contribution in [2.75, 3.05) is 0 Å². The van der Waals surface area contributed by atoms with Gasteiger partial charge in [-0.1, -0.05) is 55.5 Å². The molecule has 0 spiro atoms.